The smallest absolute Gasteiger partial charge is 0.335 e. The molecule has 0 heterocycles. The Labute approximate surface area is 154 Å². The number of primary amides is 1. The molecule has 0 saturated carbocycles. The number of carbonyl (C=O) groups is 2. The summed E-state index contributed by atoms with van der Waals surface area (Å²) in [5, 5.41) is 2.61. The molecular formula is C18H27N2O5P. The first-order chi connectivity index (χ1) is 12.3. The molecule has 0 bridgehead atoms. The Morgan fingerprint density at radius 3 is 2.27 bits per heavy atom. The largest absolute Gasteiger partial charge is 0.368 e. The summed E-state index contributed by atoms with van der Waals surface area (Å²) in [5.74, 6) is -0.992. The number of benzene rings is 1. The molecule has 1 aromatic carbocycles. The summed E-state index contributed by atoms with van der Waals surface area (Å²) in [5.41, 5.74) is 6.41. The maximum atomic E-state index is 12.5. The monoisotopic (exact) mass is 382 g/mol. The van der Waals surface area contributed by atoms with Crippen molar-refractivity contribution in [3.63, 3.8) is 0 Å². The number of hydrogen-bond donors (Lipinski definition) is 2. The van der Waals surface area contributed by atoms with Crippen LogP contribution in [0.2, 0.25) is 0 Å². The van der Waals surface area contributed by atoms with Gasteiger partial charge in [0.05, 0.1) is 19.4 Å². The minimum Gasteiger partial charge on any atom is -0.368 e. The zero-order chi connectivity index (χ0) is 19.6. The quantitative estimate of drug-likeness (QED) is 0.427. The van der Waals surface area contributed by atoms with Crippen LogP contribution in [0.15, 0.2) is 36.9 Å². The summed E-state index contributed by atoms with van der Waals surface area (Å²) in [7, 11) is -3.20. The molecule has 0 aliphatic heterocycles. The predicted molar refractivity (Wildman–Crippen MR) is 101 cm³/mol. The van der Waals surface area contributed by atoms with Gasteiger partial charge < -0.3 is 20.1 Å². The van der Waals surface area contributed by atoms with E-state index in [-0.39, 0.29) is 19.4 Å². The van der Waals surface area contributed by atoms with Crippen LogP contribution in [0.3, 0.4) is 0 Å². The SMILES string of the molecule is C=CCC[C@@H](NC(=O)c1ccc(CP(=O)(OCC)OCC)cc1)C(N)=O. The van der Waals surface area contributed by atoms with Gasteiger partial charge in [-0.05, 0) is 44.4 Å². The number of rotatable bonds is 12. The maximum Gasteiger partial charge on any atom is 0.335 e. The number of hydrogen-bond acceptors (Lipinski definition) is 5. The van der Waals surface area contributed by atoms with Crippen LogP contribution in [0.5, 0.6) is 0 Å². The van der Waals surface area contributed by atoms with E-state index in [1.54, 1.807) is 44.2 Å². The predicted octanol–water partition coefficient (Wildman–Crippen LogP) is 3.00. The molecule has 1 atom stereocenters. The van der Waals surface area contributed by atoms with Gasteiger partial charge in [-0.1, -0.05) is 18.2 Å². The Bertz CT molecular complexity index is 650. The molecule has 0 saturated heterocycles. The van der Waals surface area contributed by atoms with Gasteiger partial charge in [-0.3, -0.25) is 14.2 Å². The molecule has 1 aromatic rings. The van der Waals surface area contributed by atoms with Gasteiger partial charge >= 0.3 is 7.60 Å². The number of allylic oxidation sites excluding steroid dienone is 1. The molecule has 26 heavy (non-hydrogen) atoms. The highest BCUT2D eigenvalue weighted by Gasteiger charge is 2.24. The van der Waals surface area contributed by atoms with Crippen molar-refractivity contribution in [2.45, 2.75) is 38.9 Å². The minimum absolute atomic E-state index is 0.125. The highest BCUT2D eigenvalue weighted by atomic mass is 31.2. The van der Waals surface area contributed by atoms with E-state index in [0.717, 1.165) is 5.56 Å². The van der Waals surface area contributed by atoms with Crippen LogP contribution in [0, 0.1) is 0 Å². The standard InChI is InChI=1S/C18H27N2O5P/c1-4-7-8-16(17(19)21)20-18(22)15-11-9-14(10-12-15)13-26(23,24-5-2)25-6-3/h4,9-12,16H,1,5-8,13H2,2-3H3,(H2,19,21)(H,20,22)/t16-/m1/s1. The van der Waals surface area contributed by atoms with Gasteiger partial charge in [0, 0.05) is 5.56 Å². The Hall–Kier alpha value is -1.95. The Morgan fingerprint density at radius 2 is 1.81 bits per heavy atom. The molecule has 0 aliphatic carbocycles. The fourth-order valence-electron chi connectivity index (χ4n) is 2.32. The van der Waals surface area contributed by atoms with Gasteiger partial charge in [-0.15, -0.1) is 6.58 Å². The van der Waals surface area contributed by atoms with Crippen LogP contribution in [0.4, 0.5) is 0 Å². The van der Waals surface area contributed by atoms with E-state index in [0.29, 0.717) is 18.4 Å². The van der Waals surface area contributed by atoms with E-state index >= 15 is 0 Å². The van der Waals surface area contributed by atoms with E-state index in [9.17, 15) is 14.2 Å². The van der Waals surface area contributed by atoms with Gasteiger partial charge in [0.15, 0.2) is 0 Å². The van der Waals surface area contributed by atoms with Crippen LogP contribution < -0.4 is 11.1 Å². The van der Waals surface area contributed by atoms with Crippen molar-refractivity contribution in [1.82, 2.24) is 5.32 Å². The van der Waals surface area contributed by atoms with Crippen LogP contribution in [0.1, 0.15) is 42.6 Å². The molecule has 0 fully saturated rings. The Balaban J connectivity index is 2.79. The third kappa shape index (κ3) is 7.12. The average Bonchev–Trinajstić information content (AvgIpc) is 2.59. The zero-order valence-corrected chi connectivity index (χ0v) is 16.2. The first-order valence-electron chi connectivity index (χ1n) is 8.53. The Kier molecular flexibility index (Phi) is 9.27. The third-order valence-electron chi connectivity index (χ3n) is 3.55. The number of nitrogens with two attached hydrogens (primary N) is 1. The van der Waals surface area contributed by atoms with Crippen LogP contribution >= 0.6 is 7.60 Å². The molecular weight excluding hydrogens is 355 g/mol. The normalized spacial score (nSPS) is 12.4. The summed E-state index contributed by atoms with van der Waals surface area (Å²) in [6.45, 7) is 7.66. The molecule has 7 nitrogen and oxygen atoms in total. The van der Waals surface area contributed by atoms with Crippen molar-refractivity contribution in [2.24, 2.45) is 5.73 Å². The molecule has 0 aromatic heterocycles. The van der Waals surface area contributed by atoms with E-state index in [4.69, 9.17) is 14.8 Å². The van der Waals surface area contributed by atoms with E-state index in [2.05, 4.69) is 11.9 Å². The van der Waals surface area contributed by atoms with Crippen molar-refractivity contribution < 1.29 is 23.2 Å². The fourth-order valence-corrected chi connectivity index (χ4v) is 4.02. The van der Waals surface area contributed by atoms with Crippen LogP contribution in [-0.4, -0.2) is 31.1 Å². The van der Waals surface area contributed by atoms with Gasteiger partial charge in [0.2, 0.25) is 5.91 Å². The van der Waals surface area contributed by atoms with E-state index in [1.165, 1.54) is 0 Å². The molecule has 3 N–H and O–H groups in total. The lowest BCUT2D eigenvalue weighted by molar-refractivity contribution is -0.119. The summed E-state index contributed by atoms with van der Waals surface area (Å²) in [6, 6.07) is 5.80. The number of nitrogens with one attached hydrogen (secondary N) is 1. The lowest BCUT2D eigenvalue weighted by Crippen LogP contribution is -2.44. The summed E-state index contributed by atoms with van der Waals surface area (Å²) in [6.07, 6.45) is 2.75. The summed E-state index contributed by atoms with van der Waals surface area (Å²) >= 11 is 0. The topological polar surface area (TPSA) is 108 Å². The fraction of sp³-hybridized carbons (Fsp3) is 0.444. The maximum absolute atomic E-state index is 12.5. The van der Waals surface area contributed by atoms with Crippen LogP contribution in [-0.2, 0) is 24.6 Å². The molecule has 0 unspecified atom stereocenters. The van der Waals surface area contributed by atoms with Gasteiger partial charge in [0.25, 0.3) is 5.91 Å². The molecule has 2 amide bonds. The molecule has 8 heteroatoms. The van der Waals surface area contributed by atoms with E-state index in [1.807, 2.05) is 0 Å². The van der Waals surface area contributed by atoms with Crippen molar-refractivity contribution >= 4 is 19.4 Å². The highest BCUT2D eigenvalue weighted by molar-refractivity contribution is 7.53. The zero-order valence-electron chi connectivity index (χ0n) is 15.3. The average molecular weight is 382 g/mol. The van der Waals surface area contributed by atoms with Gasteiger partial charge in [0.1, 0.15) is 6.04 Å². The Morgan fingerprint density at radius 1 is 1.23 bits per heavy atom. The molecule has 1 rings (SSSR count). The van der Waals surface area contributed by atoms with Crippen LogP contribution in [0.25, 0.3) is 0 Å². The first kappa shape index (κ1) is 22.1. The van der Waals surface area contributed by atoms with Crippen molar-refractivity contribution in [3.8, 4) is 0 Å². The van der Waals surface area contributed by atoms with Gasteiger partial charge in [-0.2, -0.15) is 0 Å². The first-order valence-corrected chi connectivity index (χ1v) is 10.3. The summed E-state index contributed by atoms with van der Waals surface area (Å²) in [4.78, 5) is 23.7. The highest BCUT2D eigenvalue weighted by Crippen LogP contribution is 2.51. The van der Waals surface area contributed by atoms with E-state index < -0.39 is 25.5 Å². The number of amides is 2. The molecule has 144 valence electrons. The lowest BCUT2D eigenvalue weighted by atomic mass is 10.1. The second kappa shape index (κ2) is 10.9. The third-order valence-corrected chi connectivity index (χ3v) is 5.61. The number of carbonyl (C=O) groups excluding carboxylic acids is 2. The lowest BCUT2D eigenvalue weighted by Gasteiger charge is -2.17. The molecule has 0 radical (unpaired) electrons. The van der Waals surface area contributed by atoms with Crippen molar-refractivity contribution in [2.75, 3.05) is 13.2 Å². The molecule has 0 aliphatic rings. The second-order valence-electron chi connectivity index (χ2n) is 5.60. The molecule has 0 spiro atoms. The minimum atomic E-state index is -3.20. The second-order valence-corrected chi connectivity index (χ2v) is 7.65. The van der Waals surface area contributed by atoms with Crippen molar-refractivity contribution in [3.05, 3.63) is 48.0 Å². The van der Waals surface area contributed by atoms with Crippen molar-refractivity contribution in [1.29, 1.82) is 0 Å². The summed E-state index contributed by atoms with van der Waals surface area (Å²) < 4.78 is 23.1. The van der Waals surface area contributed by atoms with Gasteiger partial charge in [-0.25, -0.2) is 0 Å².